The number of rotatable bonds is 3. The molecule has 0 aliphatic heterocycles. The van der Waals surface area contributed by atoms with Crippen molar-refractivity contribution in [1.29, 1.82) is 0 Å². The third-order valence-corrected chi connectivity index (χ3v) is 4.31. The van der Waals surface area contributed by atoms with Gasteiger partial charge in [0.25, 0.3) is 5.56 Å². The molecule has 0 radical (unpaired) electrons. The monoisotopic (exact) mass is 329 g/mol. The summed E-state index contributed by atoms with van der Waals surface area (Å²) in [6.07, 6.45) is 0. The average molecular weight is 330 g/mol. The van der Waals surface area contributed by atoms with Crippen molar-refractivity contribution >= 4 is 39.4 Å². The molecule has 2 aromatic carbocycles. The number of hydrogen-bond donors (Lipinski definition) is 2. The van der Waals surface area contributed by atoms with Crippen LogP contribution in [0.25, 0.3) is 10.4 Å². The van der Waals surface area contributed by atoms with E-state index in [1.54, 1.807) is 12.1 Å². The second-order valence-corrected chi connectivity index (χ2v) is 6.00. The lowest BCUT2D eigenvalue weighted by molar-refractivity contribution is 1.28. The van der Waals surface area contributed by atoms with E-state index in [0.717, 1.165) is 11.3 Å². The van der Waals surface area contributed by atoms with Gasteiger partial charge in [-0.2, -0.15) is 4.98 Å². The second-order valence-electron chi connectivity index (χ2n) is 4.56. The summed E-state index contributed by atoms with van der Waals surface area (Å²) >= 11 is 7.22. The lowest BCUT2D eigenvalue weighted by Crippen LogP contribution is -2.13. The zero-order chi connectivity index (χ0) is 15.5. The maximum absolute atomic E-state index is 12.0. The van der Waals surface area contributed by atoms with E-state index in [1.165, 1.54) is 11.3 Å². The van der Waals surface area contributed by atoms with Crippen molar-refractivity contribution in [3.05, 3.63) is 70.0 Å². The van der Waals surface area contributed by atoms with E-state index >= 15 is 0 Å². The van der Waals surface area contributed by atoms with Crippen LogP contribution in [-0.4, -0.2) is 4.98 Å². The molecule has 0 spiro atoms. The minimum Gasteiger partial charge on any atom is -0.393 e. The Hall–Kier alpha value is -2.37. The quantitative estimate of drug-likeness (QED) is 0.757. The molecule has 22 heavy (non-hydrogen) atoms. The van der Waals surface area contributed by atoms with Crippen LogP contribution >= 0.6 is 22.9 Å². The summed E-state index contributed by atoms with van der Waals surface area (Å²) in [6.45, 7) is 0. The molecule has 0 fully saturated rings. The van der Waals surface area contributed by atoms with Crippen LogP contribution in [-0.2, 0) is 0 Å². The summed E-state index contributed by atoms with van der Waals surface area (Å²) in [5.74, 6) is 0. The Morgan fingerprint density at radius 2 is 1.73 bits per heavy atom. The summed E-state index contributed by atoms with van der Waals surface area (Å²) in [7, 11) is 0. The number of hydrogen-bond acceptors (Lipinski definition) is 5. The van der Waals surface area contributed by atoms with Gasteiger partial charge in [-0.15, -0.1) is 0 Å². The minimum absolute atomic E-state index is 0.144. The van der Waals surface area contributed by atoms with Gasteiger partial charge in [-0.3, -0.25) is 4.79 Å². The Bertz CT molecular complexity index is 848. The van der Waals surface area contributed by atoms with Crippen molar-refractivity contribution in [1.82, 2.24) is 4.98 Å². The maximum atomic E-state index is 12.0. The molecule has 0 unspecified atom stereocenters. The normalized spacial score (nSPS) is 10.4. The number of nitrogens with two attached hydrogens (primary N) is 1. The SMILES string of the molecule is Nc1c(-c2ccc(Cl)cc2)sc(Nc2ccccc2)nc1=O. The molecule has 0 saturated carbocycles. The van der Waals surface area contributed by atoms with E-state index in [9.17, 15) is 4.79 Å². The molecule has 1 heterocycles. The smallest absolute Gasteiger partial charge is 0.296 e. The van der Waals surface area contributed by atoms with Gasteiger partial charge in [-0.05, 0) is 29.8 Å². The van der Waals surface area contributed by atoms with E-state index in [1.807, 2.05) is 42.5 Å². The molecule has 0 aliphatic carbocycles. The van der Waals surface area contributed by atoms with Crippen LogP contribution in [0.15, 0.2) is 59.4 Å². The van der Waals surface area contributed by atoms with Crippen molar-refractivity contribution in [3.8, 4) is 10.4 Å². The molecule has 6 heteroatoms. The van der Waals surface area contributed by atoms with E-state index in [-0.39, 0.29) is 5.69 Å². The number of para-hydroxylation sites is 1. The highest BCUT2D eigenvalue weighted by Gasteiger charge is 2.11. The fourth-order valence-electron chi connectivity index (χ4n) is 1.94. The summed E-state index contributed by atoms with van der Waals surface area (Å²) in [6, 6.07) is 16.7. The third kappa shape index (κ3) is 3.10. The number of anilines is 3. The molecular formula is C16H12ClN3OS. The second kappa shape index (κ2) is 6.17. The summed E-state index contributed by atoms with van der Waals surface area (Å²) in [5, 5.41) is 4.25. The first-order valence-electron chi connectivity index (χ1n) is 6.52. The number of nitrogens with zero attached hydrogens (tertiary/aromatic N) is 1. The first-order valence-corrected chi connectivity index (χ1v) is 7.71. The average Bonchev–Trinajstić information content (AvgIpc) is 2.53. The van der Waals surface area contributed by atoms with Crippen LogP contribution in [0.5, 0.6) is 0 Å². The van der Waals surface area contributed by atoms with Gasteiger partial charge in [0, 0.05) is 10.7 Å². The minimum atomic E-state index is -0.442. The largest absolute Gasteiger partial charge is 0.393 e. The maximum Gasteiger partial charge on any atom is 0.296 e. The zero-order valence-electron chi connectivity index (χ0n) is 11.4. The molecular weight excluding hydrogens is 318 g/mol. The van der Waals surface area contributed by atoms with Crippen molar-refractivity contribution in [2.24, 2.45) is 0 Å². The lowest BCUT2D eigenvalue weighted by atomic mass is 10.2. The van der Waals surface area contributed by atoms with E-state index in [2.05, 4.69) is 10.3 Å². The van der Waals surface area contributed by atoms with E-state index in [4.69, 9.17) is 17.3 Å². The highest BCUT2D eigenvalue weighted by atomic mass is 35.5. The molecule has 4 nitrogen and oxygen atoms in total. The van der Waals surface area contributed by atoms with Crippen LogP contribution in [0.3, 0.4) is 0 Å². The molecule has 0 atom stereocenters. The van der Waals surface area contributed by atoms with E-state index in [0.29, 0.717) is 15.0 Å². The van der Waals surface area contributed by atoms with Gasteiger partial charge in [0.1, 0.15) is 5.69 Å². The van der Waals surface area contributed by atoms with Crippen molar-refractivity contribution < 1.29 is 0 Å². The van der Waals surface area contributed by atoms with Gasteiger partial charge in [0.05, 0.1) is 4.88 Å². The molecule has 0 saturated heterocycles. The van der Waals surface area contributed by atoms with Gasteiger partial charge >= 0.3 is 0 Å². The number of nitrogen functional groups attached to an aromatic ring is 1. The molecule has 3 aromatic rings. The fraction of sp³-hybridized carbons (Fsp3) is 0. The Morgan fingerprint density at radius 1 is 1.05 bits per heavy atom. The van der Waals surface area contributed by atoms with Crippen LogP contribution in [0.1, 0.15) is 0 Å². The summed E-state index contributed by atoms with van der Waals surface area (Å²) in [5.41, 5.74) is 7.29. The van der Waals surface area contributed by atoms with Crippen molar-refractivity contribution in [3.63, 3.8) is 0 Å². The van der Waals surface area contributed by atoms with Gasteiger partial charge in [0.2, 0.25) is 0 Å². The number of halogens is 1. The topological polar surface area (TPSA) is 68.0 Å². The van der Waals surface area contributed by atoms with Crippen LogP contribution in [0, 0.1) is 0 Å². The van der Waals surface area contributed by atoms with Crippen LogP contribution in [0.4, 0.5) is 16.5 Å². The van der Waals surface area contributed by atoms with Gasteiger partial charge in [-0.1, -0.05) is 53.3 Å². The summed E-state index contributed by atoms with van der Waals surface area (Å²) in [4.78, 5) is 16.6. The highest BCUT2D eigenvalue weighted by molar-refractivity contribution is 7.19. The van der Waals surface area contributed by atoms with Crippen LogP contribution < -0.4 is 16.6 Å². The zero-order valence-corrected chi connectivity index (χ0v) is 13.0. The Morgan fingerprint density at radius 3 is 2.41 bits per heavy atom. The first-order chi connectivity index (χ1) is 10.6. The van der Waals surface area contributed by atoms with Crippen molar-refractivity contribution in [2.75, 3.05) is 11.1 Å². The molecule has 1 aromatic heterocycles. The number of aromatic nitrogens is 1. The molecule has 0 bridgehead atoms. The molecule has 3 rings (SSSR count). The predicted molar refractivity (Wildman–Crippen MR) is 93.0 cm³/mol. The predicted octanol–water partition coefficient (Wildman–Crippen LogP) is 4.15. The van der Waals surface area contributed by atoms with Gasteiger partial charge < -0.3 is 11.1 Å². The van der Waals surface area contributed by atoms with Gasteiger partial charge in [0.15, 0.2) is 5.13 Å². The first kappa shape index (κ1) is 14.6. The summed E-state index contributed by atoms with van der Waals surface area (Å²) < 4.78 is 0. The lowest BCUT2D eigenvalue weighted by Gasteiger charge is -2.08. The highest BCUT2D eigenvalue weighted by Crippen LogP contribution is 2.32. The Labute approximate surface area is 136 Å². The van der Waals surface area contributed by atoms with Crippen molar-refractivity contribution in [2.45, 2.75) is 0 Å². The Kier molecular flexibility index (Phi) is 4.09. The van der Waals surface area contributed by atoms with Gasteiger partial charge in [-0.25, -0.2) is 0 Å². The fourth-order valence-corrected chi connectivity index (χ4v) is 3.01. The standard InChI is InChI=1S/C16H12ClN3OS/c17-11-8-6-10(7-9-11)14-13(18)15(21)20-16(22-14)19-12-4-2-1-3-5-12/h1-9H,18H2,(H,19,20,21). The molecule has 3 N–H and O–H groups in total. The molecule has 0 amide bonds. The molecule has 0 aliphatic rings. The number of nitrogens with one attached hydrogen (secondary N) is 1. The Balaban J connectivity index is 2.04. The number of benzene rings is 2. The van der Waals surface area contributed by atoms with E-state index < -0.39 is 5.56 Å². The molecule has 110 valence electrons. The van der Waals surface area contributed by atoms with Crippen LogP contribution in [0.2, 0.25) is 5.02 Å². The third-order valence-electron chi connectivity index (χ3n) is 3.01.